The van der Waals surface area contributed by atoms with E-state index >= 15 is 0 Å². The van der Waals surface area contributed by atoms with Gasteiger partial charge in [-0.1, -0.05) is 50.6 Å². The maximum Gasteiger partial charge on any atom is -0.0133 e. The average Bonchev–Trinajstić information content (AvgIpc) is 2.45. The van der Waals surface area contributed by atoms with E-state index in [1.54, 1.807) is 5.57 Å². The van der Waals surface area contributed by atoms with Crippen LogP contribution in [0, 0.1) is 5.92 Å². The smallest absolute Gasteiger partial charge is 0.0133 e. The van der Waals surface area contributed by atoms with Crippen LogP contribution in [0.4, 0.5) is 0 Å². The lowest BCUT2D eigenvalue weighted by molar-refractivity contribution is 0.583. The molecule has 0 nitrogen and oxygen atoms in total. The topological polar surface area (TPSA) is 0 Å². The van der Waals surface area contributed by atoms with E-state index in [0.717, 1.165) is 12.3 Å². The molecule has 0 fully saturated rings. The summed E-state index contributed by atoms with van der Waals surface area (Å²) in [6.45, 7) is 6.78. The zero-order valence-corrected chi connectivity index (χ0v) is 9.72. The van der Waals surface area contributed by atoms with Gasteiger partial charge < -0.3 is 0 Å². The minimum Gasteiger partial charge on any atom is -0.0802 e. The lowest BCUT2D eigenvalue weighted by Crippen LogP contribution is -1.98. The van der Waals surface area contributed by atoms with Gasteiger partial charge in [0, 0.05) is 0 Å². The summed E-state index contributed by atoms with van der Waals surface area (Å²) in [5.74, 6) is 0.749. The van der Waals surface area contributed by atoms with Crippen LogP contribution in [0.3, 0.4) is 0 Å². The van der Waals surface area contributed by atoms with Crippen molar-refractivity contribution < 1.29 is 0 Å². The molecule has 0 saturated heterocycles. The zero-order valence-electron chi connectivity index (χ0n) is 9.72. The van der Waals surface area contributed by atoms with Gasteiger partial charge in [0.2, 0.25) is 0 Å². The zero-order chi connectivity index (χ0) is 10.4. The van der Waals surface area contributed by atoms with Crippen molar-refractivity contribution in [2.24, 2.45) is 5.92 Å². The van der Waals surface area contributed by atoms with E-state index in [1.807, 2.05) is 0 Å². The molecule has 0 aliphatic heterocycles. The molecule has 14 heavy (non-hydrogen) atoms. The van der Waals surface area contributed by atoms with E-state index in [2.05, 4.69) is 45.1 Å². The Morgan fingerprint density at radius 1 is 1.14 bits per heavy atom. The Morgan fingerprint density at radius 2 is 1.86 bits per heavy atom. The van der Waals surface area contributed by atoms with Gasteiger partial charge in [0.25, 0.3) is 0 Å². The van der Waals surface area contributed by atoms with Crippen LogP contribution in [0.25, 0.3) is 0 Å². The van der Waals surface area contributed by atoms with Crippen molar-refractivity contribution >= 4 is 0 Å². The molecule has 0 heterocycles. The summed E-state index contributed by atoms with van der Waals surface area (Å²) in [5, 5.41) is 0. The molecule has 0 radical (unpaired) electrons. The highest BCUT2D eigenvalue weighted by Gasteiger charge is 2.07. The third-order valence-corrected chi connectivity index (χ3v) is 3.11. The van der Waals surface area contributed by atoms with Crippen LogP contribution in [-0.4, -0.2) is 0 Å². The number of allylic oxidation sites excluding steroid dienone is 6. The van der Waals surface area contributed by atoms with Gasteiger partial charge in [0.1, 0.15) is 0 Å². The molecule has 0 atom stereocenters. The number of hydrogen-bond donors (Lipinski definition) is 0. The van der Waals surface area contributed by atoms with Crippen LogP contribution in [-0.2, 0) is 0 Å². The molecule has 78 valence electrons. The Bertz CT molecular complexity index is 249. The molecule has 0 aromatic rings. The Kier molecular flexibility index (Phi) is 4.72. The molecule has 0 aromatic carbocycles. The van der Waals surface area contributed by atoms with Crippen LogP contribution in [0.15, 0.2) is 35.5 Å². The third-order valence-electron chi connectivity index (χ3n) is 3.11. The molecule has 1 rings (SSSR count). The molecule has 0 spiro atoms. The molecule has 0 N–H and O–H groups in total. The van der Waals surface area contributed by atoms with Crippen molar-refractivity contribution in [3.63, 3.8) is 0 Å². The second kappa shape index (κ2) is 5.85. The van der Waals surface area contributed by atoms with Gasteiger partial charge >= 0.3 is 0 Å². The van der Waals surface area contributed by atoms with E-state index in [0.29, 0.717) is 0 Å². The molecule has 1 aliphatic rings. The maximum atomic E-state index is 2.32. The first-order valence-corrected chi connectivity index (χ1v) is 5.87. The maximum absolute atomic E-state index is 2.32. The highest BCUT2D eigenvalue weighted by molar-refractivity contribution is 5.32. The Labute approximate surface area is 88.4 Å². The monoisotopic (exact) mass is 190 g/mol. The van der Waals surface area contributed by atoms with Crippen LogP contribution in [0.5, 0.6) is 0 Å². The van der Waals surface area contributed by atoms with Crippen molar-refractivity contribution in [3.8, 4) is 0 Å². The van der Waals surface area contributed by atoms with Gasteiger partial charge in [-0.2, -0.15) is 0 Å². The average molecular weight is 190 g/mol. The first kappa shape index (κ1) is 11.3. The van der Waals surface area contributed by atoms with E-state index in [-0.39, 0.29) is 0 Å². The molecule has 0 unspecified atom stereocenters. The summed E-state index contributed by atoms with van der Waals surface area (Å²) in [6, 6.07) is 0. The van der Waals surface area contributed by atoms with Gasteiger partial charge in [-0.05, 0) is 37.2 Å². The first-order valence-electron chi connectivity index (χ1n) is 5.87. The summed E-state index contributed by atoms with van der Waals surface area (Å²) in [6.07, 6.45) is 14.1. The van der Waals surface area contributed by atoms with E-state index in [4.69, 9.17) is 0 Å². The molecule has 0 saturated carbocycles. The third kappa shape index (κ3) is 2.87. The Hall–Kier alpha value is -0.780. The van der Waals surface area contributed by atoms with Crippen LogP contribution < -0.4 is 0 Å². The predicted molar refractivity (Wildman–Crippen MR) is 64.3 cm³/mol. The van der Waals surface area contributed by atoms with E-state index in [9.17, 15) is 0 Å². The molecular formula is C14H22. The molecule has 0 bridgehead atoms. The molecule has 0 heteroatoms. The van der Waals surface area contributed by atoms with Gasteiger partial charge in [-0.15, -0.1) is 0 Å². The van der Waals surface area contributed by atoms with Gasteiger partial charge in [0.05, 0.1) is 0 Å². The fourth-order valence-corrected chi connectivity index (χ4v) is 1.98. The summed E-state index contributed by atoms with van der Waals surface area (Å²) in [4.78, 5) is 0. The summed E-state index contributed by atoms with van der Waals surface area (Å²) in [7, 11) is 0. The van der Waals surface area contributed by atoms with Crippen LogP contribution in [0.2, 0.25) is 0 Å². The van der Waals surface area contributed by atoms with Crippen LogP contribution >= 0.6 is 0 Å². The van der Waals surface area contributed by atoms with Crippen molar-refractivity contribution in [1.29, 1.82) is 0 Å². The van der Waals surface area contributed by atoms with E-state index < -0.39 is 0 Å². The Morgan fingerprint density at radius 3 is 2.43 bits per heavy atom. The first-order chi connectivity index (χ1) is 6.81. The van der Waals surface area contributed by atoms with Crippen molar-refractivity contribution in [2.75, 3.05) is 0 Å². The minimum absolute atomic E-state index is 0.749. The second-order valence-corrected chi connectivity index (χ2v) is 3.97. The largest absolute Gasteiger partial charge is 0.0802 e. The lowest BCUT2D eigenvalue weighted by Gasteiger charge is -2.12. The highest BCUT2D eigenvalue weighted by Crippen LogP contribution is 2.23. The van der Waals surface area contributed by atoms with Crippen molar-refractivity contribution in [3.05, 3.63) is 35.5 Å². The summed E-state index contributed by atoms with van der Waals surface area (Å²) < 4.78 is 0. The lowest BCUT2D eigenvalue weighted by atomic mass is 9.93. The quantitative estimate of drug-likeness (QED) is 0.605. The summed E-state index contributed by atoms with van der Waals surface area (Å²) in [5.41, 5.74) is 3.06. The van der Waals surface area contributed by atoms with Gasteiger partial charge in [-0.25, -0.2) is 0 Å². The second-order valence-electron chi connectivity index (χ2n) is 3.97. The normalized spacial score (nSPS) is 16.6. The fourth-order valence-electron chi connectivity index (χ4n) is 1.98. The molecule has 0 aromatic heterocycles. The van der Waals surface area contributed by atoms with Gasteiger partial charge in [0.15, 0.2) is 0 Å². The SMILES string of the molecule is CCC1=CC=C(C(CC)CC)C=CC1. The molecule has 0 amide bonds. The molecular weight excluding hydrogens is 168 g/mol. The molecule has 1 aliphatic carbocycles. The van der Waals surface area contributed by atoms with Crippen LogP contribution in [0.1, 0.15) is 46.5 Å². The number of hydrogen-bond acceptors (Lipinski definition) is 0. The van der Waals surface area contributed by atoms with Gasteiger partial charge in [-0.3, -0.25) is 0 Å². The van der Waals surface area contributed by atoms with Crippen molar-refractivity contribution in [2.45, 2.75) is 46.5 Å². The summed E-state index contributed by atoms with van der Waals surface area (Å²) >= 11 is 0. The number of rotatable bonds is 4. The van der Waals surface area contributed by atoms with Crippen molar-refractivity contribution in [1.82, 2.24) is 0 Å². The predicted octanol–water partition coefficient (Wildman–Crippen LogP) is 4.65. The van der Waals surface area contributed by atoms with E-state index in [1.165, 1.54) is 24.8 Å². The standard InChI is InChI=1S/C14H22/c1-4-12-8-7-9-14(11-10-12)13(5-2)6-3/h7,9-11,13H,4-6,8H2,1-3H3. The highest BCUT2D eigenvalue weighted by atomic mass is 14.1. The fraction of sp³-hybridized carbons (Fsp3) is 0.571. The minimum atomic E-state index is 0.749. The Balaban J connectivity index is 2.78.